The summed E-state index contributed by atoms with van der Waals surface area (Å²) >= 11 is 0. The first kappa shape index (κ1) is 15.1. The molecule has 1 saturated carbocycles. The number of carboxylic acid groups (broad SMARTS) is 1. The van der Waals surface area contributed by atoms with E-state index in [4.69, 9.17) is 0 Å². The van der Waals surface area contributed by atoms with Gasteiger partial charge in [0, 0.05) is 11.5 Å². The van der Waals surface area contributed by atoms with Crippen LogP contribution in [0.25, 0.3) is 0 Å². The monoisotopic (exact) mass is 305 g/mol. The maximum atomic E-state index is 12.3. The topological polar surface area (TPSA) is 84.2 Å². The molecule has 2 aliphatic rings. The lowest BCUT2D eigenvalue weighted by Crippen LogP contribution is -2.34. The fourth-order valence-electron chi connectivity index (χ4n) is 3.76. The van der Waals surface area contributed by atoms with Crippen molar-refractivity contribution < 1.29 is 9.90 Å². The fourth-order valence-corrected chi connectivity index (χ4v) is 3.76. The zero-order chi connectivity index (χ0) is 15.9. The number of aromatic nitrogens is 2. The van der Waals surface area contributed by atoms with Gasteiger partial charge in [-0.1, -0.05) is 13.8 Å². The van der Waals surface area contributed by atoms with Gasteiger partial charge in [0.05, 0.1) is 11.9 Å². The smallest absolute Gasteiger partial charge is 0.326 e. The van der Waals surface area contributed by atoms with E-state index in [0.717, 1.165) is 31.4 Å². The second-order valence-electron chi connectivity index (χ2n) is 6.48. The number of hydrogen-bond donors (Lipinski definition) is 2. The van der Waals surface area contributed by atoms with Crippen molar-refractivity contribution in [3.63, 3.8) is 0 Å². The molecule has 1 atom stereocenters. The summed E-state index contributed by atoms with van der Waals surface area (Å²) in [4.78, 5) is 28.2. The second-order valence-corrected chi connectivity index (χ2v) is 6.48. The van der Waals surface area contributed by atoms with E-state index in [1.165, 1.54) is 17.2 Å². The Balaban J connectivity index is 2.16. The first-order chi connectivity index (χ1) is 10.5. The van der Waals surface area contributed by atoms with Gasteiger partial charge in [-0.25, -0.2) is 9.78 Å². The third kappa shape index (κ3) is 2.12. The molecule has 1 aromatic heterocycles. The SMILES string of the molecule is CCC1(CC)CC(C(=O)O)n2c1c(NC1CCC1)ncc2=O. The van der Waals surface area contributed by atoms with E-state index in [2.05, 4.69) is 24.1 Å². The molecule has 3 rings (SSSR count). The molecule has 0 radical (unpaired) electrons. The van der Waals surface area contributed by atoms with Crippen LogP contribution in [0.3, 0.4) is 0 Å². The zero-order valence-electron chi connectivity index (χ0n) is 13.1. The predicted molar refractivity (Wildman–Crippen MR) is 83.3 cm³/mol. The lowest BCUT2D eigenvalue weighted by molar-refractivity contribution is -0.141. The Morgan fingerprint density at radius 3 is 2.64 bits per heavy atom. The van der Waals surface area contributed by atoms with Gasteiger partial charge >= 0.3 is 5.97 Å². The van der Waals surface area contributed by atoms with Crippen LogP contribution in [0.1, 0.15) is 64.1 Å². The van der Waals surface area contributed by atoms with Gasteiger partial charge in [0.25, 0.3) is 5.56 Å². The van der Waals surface area contributed by atoms with Crippen molar-refractivity contribution in [1.82, 2.24) is 9.55 Å². The van der Waals surface area contributed by atoms with Crippen molar-refractivity contribution >= 4 is 11.8 Å². The van der Waals surface area contributed by atoms with E-state index in [1.807, 2.05) is 0 Å². The average molecular weight is 305 g/mol. The van der Waals surface area contributed by atoms with Crippen molar-refractivity contribution in [2.24, 2.45) is 0 Å². The van der Waals surface area contributed by atoms with Crippen LogP contribution in [0.15, 0.2) is 11.0 Å². The van der Waals surface area contributed by atoms with E-state index >= 15 is 0 Å². The maximum absolute atomic E-state index is 12.3. The summed E-state index contributed by atoms with van der Waals surface area (Å²) in [5.41, 5.74) is 0.192. The molecule has 120 valence electrons. The van der Waals surface area contributed by atoms with Gasteiger partial charge in [-0.15, -0.1) is 0 Å². The molecule has 1 fully saturated rings. The first-order valence-electron chi connectivity index (χ1n) is 8.13. The summed E-state index contributed by atoms with van der Waals surface area (Å²) in [5, 5.41) is 13.0. The Hall–Kier alpha value is -1.85. The number of anilines is 1. The normalized spacial score (nSPS) is 22.9. The Morgan fingerprint density at radius 2 is 2.14 bits per heavy atom. The maximum Gasteiger partial charge on any atom is 0.326 e. The van der Waals surface area contributed by atoms with Crippen LogP contribution in [-0.2, 0) is 10.2 Å². The molecule has 2 heterocycles. The third-order valence-corrected chi connectivity index (χ3v) is 5.49. The standard InChI is InChI=1S/C16H23N3O3/c1-3-16(4-2)8-11(15(21)22)19-12(20)9-17-14(13(16)19)18-10-6-5-7-10/h9-11,18H,3-8H2,1-2H3,(H,21,22). The van der Waals surface area contributed by atoms with Gasteiger partial charge in [0.2, 0.25) is 0 Å². The van der Waals surface area contributed by atoms with Gasteiger partial charge in [0.15, 0.2) is 0 Å². The third-order valence-electron chi connectivity index (χ3n) is 5.49. The number of nitrogens with zero attached hydrogens (tertiary/aromatic N) is 2. The highest BCUT2D eigenvalue weighted by atomic mass is 16.4. The van der Waals surface area contributed by atoms with E-state index in [-0.39, 0.29) is 11.0 Å². The van der Waals surface area contributed by atoms with Gasteiger partial charge in [-0.05, 0) is 38.5 Å². The lowest BCUT2D eigenvalue weighted by atomic mass is 9.77. The lowest BCUT2D eigenvalue weighted by Gasteiger charge is -2.32. The molecule has 0 bridgehead atoms. The summed E-state index contributed by atoms with van der Waals surface area (Å²) in [6, 6.07) is -0.391. The fraction of sp³-hybridized carbons (Fsp3) is 0.688. The molecule has 1 aliphatic heterocycles. The van der Waals surface area contributed by atoms with Crippen LogP contribution in [0, 0.1) is 0 Å². The Bertz CT molecular complexity index is 645. The van der Waals surface area contributed by atoms with Gasteiger partial charge in [0.1, 0.15) is 11.9 Å². The molecule has 1 unspecified atom stereocenters. The van der Waals surface area contributed by atoms with Gasteiger partial charge in [-0.2, -0.15) is 0 Å². The number of rotatable bonds is 5. The van der Waals surface area contributed by atoms with Crippen LogP contribution < -0.4 is 10.9 Å². The highest BCUT2D eigenvalue weighted by Gasteiger charge is 2.47. The van der Waals surface area contributed by atoms with E-state index in [9.17, 15) is 14.7 Å². The molecule has 6 heteroatoms. The zero-order valence-corrected chi connectivity index (χ0v) is 13.1. The van der Waals surface area contributed by atoms with Gasteiger partial charge in [-0.3, -0.25) is 9.36 Å². The minimum absolute atomic E-state index is 0.289. The molecule has 1 aliphatic carbocycles. The van der Waals surface area contributed by atoms with Crippen LogP contribution in [-0.4, -0.2) is 26.7 Å². The highest BCUT2D eigenvalue weighted by molar-refractivity contribution is 5.74. The first-order valence-corrected chi connectivity index (χ1v) is 8.13. The van der Waals surface area contributed by atoms with E-state index in [1.54, 1.807) is 0 Å². The summed E-state index contributed by atoms with van der Waals surface area (Å²) in [5.74, 6) is -0.232. The summed E-state index contributed by atoms with van der Waals surface area (Å²) < 4.78 is 1.46. The second kappa shape index (κ2) is 5.41. The van der Waals surface area contributed by atoms with E-state index in [0.29, 0.717) is 18.3 Å². The van der Waals surface area contributed by atoms with Crippen molar-refractivity contribution in [3.8, 4) is 0 Å². The quantitative estimate of drug-likeness (QED) is 0.872. The van der Waals surface area contributed by atoms with Crippen LogP contribution >= 0.6 is 0 Å². The summed E-state index contributed by atoms with van der Waals surface area (Å²) in [7, 11) is 0. The number of carboxylic acids is 1. The molecule has 6 nitrogen and oxygen atoms in total. The number of nitrogens with one attached hydrogen (secondary N) is 1. The molecular formula is C16H23N3O3. The average Bonchev–Trinajstić information content (AvgIpc) is 2.82. The molecule has 0 aromatic carbocycles. The molecule has 0 amide bonds. The van der Waals surface area contributed by atoms with Crippen molar-refractivity contribution in [2.75, 3.05) is 5.32 Å². The number of hydrogen-bond acceptors (Lipinski definition) is 4. The molecule has 2 N–H and O–H groups in total. The molecule has 1 aromatic rings. The van der Waals surface area contributed by atoms with E-state index < -0.39 is 12.0 Å². The highest BCUT2D eigenvalue weighted by Crippen LogP contribution is 2.47. The molecular weight excluding hydrogens is 282 g/mol. The van der Waals surface area contributed by atoms with Gasteiger partial charge < -0.3 is 10.4 Å². The van der Waals surface area contributed by atoms with Crippen molar-refractivity contribution in [3.05, 3.63) is 22.2 Å². The largest absolute Gasteiger partial charge is 0.480 e. The predicted octanol–water partition coefficient (Wildman–Crippen LogP) is 2.29. The molecule has 22 heavy (non-hydrogen) atoms. The van der Waals surface area contributed by atoms with Crippen LogP contribution in [0.5, 0.6) is 0 Å². The number of aliphatic carboxylic acids is 1. The minimum Gasteiger partial charge on any atom is -0.480 e. The Labute approximate surface area is 129 Å². The summed E-state index contributed by atoms with van der Waals surface area (Å²) in [6.45, 7) is 4.12. The van der Waals surface area contributed by atoms with Crippen molar-refractivity contribution in [2.45, 2.75) is 69.9 Å². The minimum atomic E-state index is -0.937. The van der Waals surface area contributed by atoms with Crippen LogP contribution in [0.2, 0.25) is 0 Å². The Kier molecular flexibility index (Phi) is 3.70. The molecule has 0 spiro atoms. The Morgan fingerprint density at radius 1 is 1.45 bits per heavy atom. The number of fused-ring (bicyclic) bond motifs is 1. The number of carbonyl (C=O) groups is 1. The van der Waals surface area contributed by atoms with Crippen LogP contribution in [0.4, 0.5) is 5.82 Å². The molecule has 0 saturated heterocycles. The summed E-state index contributed by atoms with van der Waals surface area (Å²) in [6.07, 6.45) is 6.74. The van der Waals surface area contributed by atoms with Crippen molar-refractivity contribution in [1.29, 1.82) is 0 Å².